The van der Waals surface area contributed by atoms with Crippen LogP contribution in [0, 0.1) is 0 Å². The van der Waals surface area contributed by atoms with E-state index in [1.165, 1.54) is 22.5 Å². The number of aryl methyl sites for hydroxylation is 2. The number of hydrogen-bond acceptors (Lipinski definition) is 5. The summed E-state index contributed by atoms with van der Waals surface area (Å²) in [6, 6.07) is 9.31. The molecular weight excluding hydrogens is 332 g/mol. The molecule has 0 aliphatic heterocycles. The molecule has 3 aromatic heterocycles. The summed E-state index contributed by atoms with van der Waals surface area (Å²) < 4.78 is 1.99. The molecule has 124 valence electrons. The zero-order chi connectivity index (χ0) is 17.0. The fourth-order valence-corrected chi connectivity index (χ4v) is 4.98. The number of nitrogens with zero attached hydrogens (tertiary/aromatic N) is 3. The monoisotopic (exact) mass is 348 g/mol. The smallest absolute Gasteiger partial charge is 0.205 e. The van der Waals surface area contributed by atoms with Crippen molar-refractivity contribution in [1.82, 2.24) is 14.6 Å². The van der Waals surface area contributed by atoms with Crippen LogP contribution in [0.2, 0.25) is 0 Å². The topological polar surface area (TPSA) is 73.3 Å². The van der Waals surface area contributed by atoms with Gasteiger partial charge in [-0.15, -0.1) is 21.5 Å². The Labute approximate surface area is 148 Å². The van der Waals surface area contributed by atoms with Crippen molar-refractivity contribution < 1.29 is 4.79 Å². The van der Waals surface area contributed by atoms with Gasteiger partial charge in [-0.25, -0.2) is 0 Å². The molecule has 0 saturated heterocycles. The maximum Gasteiger partial charge on any atom is 0.205 e. The van der Waals surface area contributed by atoms with Gasteiger partial charge in [0.2, 0.25) is 5.78 Å². The minimum atomic E-state index is -0.0231. The number of rotatable bonds is 2. The first kappa shape index (κ1) is 14.6. The summed E-state index contributed by atoms with van der Waals surface area (Å²) in [5, 5.41) is 9.43. The van der Waals surface area contributed by atoms with E-state index in [0.717, 1.165) is 41.5 Å². The second-order valence-electron chi connectivity index (χ2n) is 6.41. The highest BCUT2D eigenvalue weighted by molar-refractivity contribution is 7.21. The van der Waals surface area contributed by atoms with Gasteiger partial charge in [-0.3, -0.25) is 9.20 Å². The van der Waals surface area contributed by atoms with Crippen molar-refractivity contribution >= 4 is 38.7 Å². The fraction of sp³-hybridized carbons (Fsp3) is 0.211. The third kappa shape index (κ3) is 2.04. The summed E-state index contributed by atoms with van der Waals surface area (Å²) in [6.07, 6.45) is 5.99. The molecule has 0 atom stereocenters. The summed E-state index contributed by atoms with van der Waals surface area (Å²) in [5.41, 5.74) is 11.2. The van der Waals surface area contributed by atoms with Gasteiger partial charge in [-0.1, -0.05) is 30.3 Å². The highest BCUT2D eigenvalue weighted by Crippen LogP contribution is 2.41. The second kappa shape index (κ2) is 5.39. The van der Waals surface area contributed by atoms with Crippen molar-refractivity contribution in [2.24, 2.45) is 0 Å². The summed E-state index contributed by atoms with van der Waals surface area (Å²) in [5.74, 6) is -0.0231. The number of anilines is 1. The van der Waals surface area contributed by atoms with Crippen LogP contribution in [0.25, 0.3) is 15.9 Å². The lowest BCUT2D eigenvalue weighted by atomic mass is 9.90. The lowest BCUT2D eigenvalue weighted by Crippen LogP contribution is -2.07. The van der Waals surface area contributed by atoms with Gasteiger partial charge in [-0.2, -0.15) is 0 Å². The van der Waals surface area contributed by atoms with Crippen LogP contribution in [0.5, 0.6) is 0 Å². The van der Waals surface area contributed by atoms with Gasteiger partial charge in [0.25, 0.3) is 0 Å². The minimum Gasteiger partial charge on any atom is -0.397 e. The molecule has 2 N–H and O–H groups in total. The molecule has 6 heteroatoms. The molecule has 5 nitrogen and oxygen atoms in total. The molecular formula is C19H16N4OS. The maximum atomic E-state index is 13.0. The van der Waals surface area contributed by atoms with Gasteiger partial charge >= 0.3 is 0 Å². The van der Waals surface area contributed by atoms with Crippen LogP contribution >= 0.6 is 11.3 Å². The quantitative estimate of drug-likeness (QED) is 0.561. The van der Waals surface area contributed by atoms with Gasteiger partial charge in [0.1, 0.15) is 16.0 Å². The number of carbonyl (C=O) groups excluding carboxylic acids is 1. The molecule has 1 aromatic carbocycles. The van der Waals surface area contributed by atoms with E-state index in [2.05, 4.69) is 10.2 Å². The van der Waals surface area contributed by atoms with E-state index < -0.39 is 0 Å². The van der Waals surface area contributed by atoms with E-state index in [1.54, 1.807) is 6.33 Å². The van der Waals surface area contributed by atoms with Crippen molar-refractivity contribution in [1.29, 1.82) is 0 Å². The van der Waals surface area contributed by atoms with Crippen LogP contribution in [0.4, 0.5) is 5.69 Å². The molecule has 0 fully saturated rings. The highest BCUT2D eigenvalue weighted by Gasteiger charge is 2.26. The minimum absolute atomic E-state index is 0.0231. The lowest BCUT2D eigenvalue weighted by Gasteiger charge is -2.17. The number of carbonyl (C=O) groups is 1. The van der Waals surface area contributed by atoms with Gasteiger partial charge in [0.15, 0.2) is 5.65 Å². The van der Waals surface area contributed by atoms with Gasteiger partial charge in [-0.05, 0) is 31.2 Å². The van der Waals surface area contributed by atoms with Crippen molar-refractivity contribution in [3.05, 3.63) is 58.2 Å². The van der Waals surface area contributed by atoms with E-state index in [9.17, 15) is 4.79 Å². The van der Waals surface area contributed by atoms with E-state index in [4.69, 9.17) is 5.73 Å². The summed E-state index contributed by atoms with van der Waals surface area (Å²) >= 11 is 1.44. The van der Waals surface area contributed by atoms with Crippen molar-refractivity contribution in [3.8, 4) is 0 Å². The molecule has 1 aliphatic rings. The number of fused-ring (bicyclic) bond motifs is 6. The lowest BCUT2D eigenvalue weighted by molar-refractivity contribution is 0.104. The van der Waals surface area contributed by atoms with E-state index in [1.807, 2.05) is 34.7 Å². The average Bonchev–Trinajstić information content (AvgIpc) is 3.27. The van der Waals surface area contributed by atoms with Crippen LogP contribution in [-0.4, -0.2) is 20.4 Å². The van der Waals surface area contributed by atoms with Gasteiger partial charge in [0.05, 0.1) is 5.69 Å². The Balaban J connectivity index is 1.83. The van der Waals surface area contributed by atoms with Crippen molar-refractivity contribution in [2.45, 2.75) is 25.7 Å². The van der Waals surface area contributed by atoms with Crippen molar-refractivity contribution in [3.63, 3.8) is 0 Å². The predicted molar refractivity (Wildman–Crippen MR) is 99.3 cm³/mol. The largest absolute Gasteiger partial charge is 0.397 e. The van der Waals surface area contributed by atoms with E-state index in [-0.39, 0.29) is 5.78 Å². The van der Waals surface area contributed by atoms with Crippen LogP contribution in [0.1, 0.15) is 39.2 Å². The average molecular weight is 348 g/mol. The number of nitrogen functional groups attached to an aromatic ring is 1. The van der Waals surface area contributed by atoms with Crippen LogP contribution in [0.15, 0.2) is 36.7 Å². The first-order chi connectivity index (χ1) is 12.3. The molecule has 1 aliphatic carbocycles. The Morgan fingerprint density at radius 2 is 1.88 bits per heavy atom. The molecule has 0 spiro atoms. The molecule has 0 bridgehead atoms. The van der Waals surface area contributed by atoms with Crippen LogP contribution in [-0.2, 0) is 12.8 Å². The molecule has 0 unspecified atom stereocenters. The van der Waals surface area contributed by atoms with Crippen LogP contribution < -0.4 is 5.73 Å². The third-order valence-corrected chi connectivity index (χ3v) is 6.18. The van der Waals surface area contributed by atoms with Crippen LogP contribution in [0.3, 0.4) is 0 Å². The summed E-state index contributed by atoms with van der Waals surface area (Å²) in [6.45, 7) is 0. The Hall–Kier alpha value is -2.73. The summed E-state index contributed by atoms with van der Waals surface area (Å²) in [7, 11) is 0. The zero-order valence-electron chi connectivity index (χ0n) is 13.5. The SMILES string of the molecule is Nc1c(C(=O)c2ccccc2)sc2c1c1c(c3nncn32)CCCC1. The Bertz CT molecular complexity index is 1130. The number of thiophene rings is 1. The highest BCUT2D eigenvalue weighted by atomic mass is 32.1. The number of nitrogens with two attached hydrogens (primary N) is 1. The molecule has 25 heavy (non-hydrogen) atoms. The normalized spacial score (nSPS) is 14.1. The predicted octanol–water partition coefficient (Wildman–Crippen LogP) is 3.64. The first-order valence-electron chi connectivity index (χ1n) is 8.41. The molecule has 4 aromatic rings. The number of ketones is 1. The fourth-order valence-electron chi connectivity index (χ4n) is 3.80. The summed E-state index contributed by atoms with van der Waals surface area (Å²) in [4.78, 5) is 14.5. The Kier molecular flexibility index (Phi) is 3.15. The zero-order valence-corrected chi connectivity index (χ0v) is 14.3. The molecule has 5 rings (SSSR count). The number of hydrogen-bond donors (Lipinski definition) is 1. The third-order valence-electron chi connectivity index (χ3n) is 4.97. The Morgan fingerprint density at radius 1 is 1.12 bits per heavy atom. The van der Waals surface area contributed by atoms with E-state index >= 15 is 0 Å². The van der Waals surface area contributed by atoms with Gasteiger partial charge in [0, 0.05) is 16.5 Å². The molecule has 3 heterocycles. The molecule has 0 saturated carbocycles. The maximum absolute atomic E-state index is 13.0. The molecule has 0 amide bonds. The number of aromatic nitrogens is 3. The number of benzene rings is 1. The van der Waals surface area contributed by atoms with Crippen molar-refractivity contribution in [2.75, 3.05) is 5.73 Å². The Morgan fingerprint density at radius 3 is 2.68 bits per heavy atom. The van der Waals surface area contributed by atoms with E-state index in [0.29, 0.717) is 16.1 Å². The second-order valence-corrected chi connectivity index (χ2v) is 7.41. The first-order valence-corrected chi connectivity index (χ1v) is 9.22. The number of pyridine rings is 1. The van der Waals surface area contributed by atoms with Gasteiger partial charge < -0.3 is 5.73 Å². The standard InChI is InChI=1S/C19H16N4OS/c20-15-14-12-8-4-5-9-13(12)18-22-21-10-23(18)19(14)25-17(15)16(24)11-6-2-1-3-7-11/h1-3,6-7,10H,4-5,8-9,20H2. The molecule has 0 radical (unpaired) electrons.